The minimum Gasteiger partial charge on any atom is -0.497 e. The van der Waals surface area contributed by atoms with Crippen molar-refractivity contribution in [2.45, 2.75) is 19.3 Å². The molecule has 1 atom stereocenters. The molecule has 0 bridgehead atoms. The number of anilines is 1. The molecule has 3 aromatic carbocycles. The molecular formula is C29H30F2N4O4. The molecule has 1 aliphatic rings. The highest BCUT2D eigenvalue weighted by Crippen LogP contribution is 2.25. The molecule has 0 saturated carbocycles. The van der Waals surface area contributed by atoms with Crippen LogP contribution in [0.2, 0.25) is 0 Å². The van der Waals surface area contributed by atoms with Crippen molar-refractivity contribution in [3.63, 3.8) is 0 Å². The number of rotatable bonds is 10. The summed E-state index contributed by atoms with van der Waals surface area (Å²) in [6, 6.07) is 22.8. The summed E-state index contributed by atoms with van der Waals surface area (Å²) in [5, 5.41) is 11.8. The number of amides is 2. The maximum absolute atomic E-state index is 12.7. The maximum atomic E-state index is 12.7. The largest absolute Gasteiger partial charge is 0.497 e. The first-order chi connectivity index (χ1) is 18.9. The van der Waals surface area contributed by atoms with E-state index in [4.69, 9.17) is 14.7 Å². The Bertz CT molecular complexity index is 1260. The zero-order valence-corrected chi connectivity index (χ0v) is 21.6. The average Bonchev–Trinajstić information content (AvgIpc) is 2.96. The van der Waals surface area contributed by atoms with E-state index in [2.05, 4.69) is 21.0 Å². The summed E-state index contributed by atoms with van der Waals surface area (Å²) in [5.41, 5.74) is 3.06. The number of alkyl halides is 2. The molecule has 204 valence electrons. The van der Waals surface area contributed by atoms with E-state index >= 15 is 0 Å². The molecule has 1 N–H and O–H groups in total. The Balaban J connectivity index is 1.33. The van der Waals surface area contributed by atoms with Crippen LogP contribution in [0.25, 0.3) is 0 Å². The minimum atomic E-state index is -2.90. The summed E-state index contributed by atoms with van der Waals surface area (Å²) in [4.78, 5) is 16.7. The van der Waals surface area contributed by atoms with Gasteiger partial charge >= 0.3 is 12.6 Å². The van der Waals surface area contributed by atoms with Crippen molar-refractivity contribution in [1.82, 2.24) is 9.80 Å². The van der Waals surface area contributed by atoms with Gasteiger partial charge in [-0.15, -0.1) is 0 Å². The topological polar surface area (TPSA) is 87.1 Å². The van der Waals surface area contributed by atoms with Gasteiger partial charge in [-0.05, 0) is 59.7 Å². The second-order valence-corrected chi connectivity index (χ2v) is 9.01. The highest BCUT2D eigenvalue weighted by atomic mass is 19.3. The molecule has 1 unspecified atom stereocenters. The zero-order valence-electron chi connectivity index (χ0n) is 21.6. The van der Waals surface area contributed by atoms with Crippen LogP contribution in [0.3, 0.4) is 0 Å². The Kier molecular flexibility index (Phi) is 9.67. The van der Waals surface area contributed by atoms with Gasteiger partial charge in [0.25, 0.3) is 0 Å². The van der Waals surface area contributed by atoms with Crippen LogP contribution in [-0.2, 0) is 11.3 Å². The van der Waals surface area contributed by atoms with E-state index in [9.17, 15) is 13.6 Å². The van der Waals surface area contributed by atoms with Gasteiger partial charge in [0.2, 0.25) is 0 Å². The molecule has 0 aliphatic carbocycles. The molecule has 10 heteroatoms. The summed E-state index contributed by atoms with van der Waals surface area (Å²) in [6.07, 6.45) is -0.231. The molecule has 0 aromatic heterocycles. The second-order valence-electron chi connectivity index (χ2n) is 9.01. The zero-order chi connectivity index (χ0) is 27.6. The van der Waals surface area contributed by atoms with Crippen molar-refractivity contribution in [3.8, 4) is 17.6 Å². The van der Waals surface area contributed by atoms with E-state index in [1.54, 1.807) is 24.1 Å². The maximum Gasteiger partial charge on any atom is 0.387 e. The number of ether oxygens (including phenoxy) is 3. The van der Waals surface area contributed by atoms with Gasteiger partial charge in [-0.2, -0.15) is 14.0 Å². The van der Waals surface area contributed by atoms with Gasteiger partial charge in [0.1, 0.15) is 11.5 Å². The number of nitriles is 1. The van der Waals surface area contributed by atoms with E-state index in [1.165, 1.54) is 24.3 Å². The Morgan fingerprint density at radius 1 is 1.00 bits per heavy atom. The molecule has 0 radical (unpaired) electrons. The standard InChI is InChI=1S/C29H30F2N4O4/c1-37-26-4-2-3-23(17-26)27(38-20-22-7-5-21(18-32)6-8-22)19-34-13-15-35(16-14-34)29(36)33-24-9-11-25(12-10-24)39-28(30)31/h2-12,17,27-28H,13-16,19-20H2,1H3,(H,33,36). The minimum absolute atomic E-state index is 0.0311. The number of nitrogens with zero attached hydrogens (tertiary/aromatic N) is 3. The quantitative estimate of drug-likeness (QED) is 0.380. The van der Waals surface area contributed by atoms with E-state index in [-0.39, 0.29) is 17.9 Å². The summed E-state index contributed by atoms with van der Waals surface area (Å²) in [6.45, 7) is 0.496. The third kappa shape index (κ3) is 8.14. The van der Waals surface area contributed by atoms with Crippen LogP contribution in [0, 0.1) is 11.3 Å². The number of methoxy groups -OCH3 is 1. The number of carbonyl (C=O) groups is 1. The third-order valence-electron chi connectivity index (χ3n) is 6.41. The number of halogens is 2. The van der Waals surface area contributed by atoms with E-state index in [0.717, 1.165) is 16.9 Å². The van der Waals surface area contributed by atoms with Gasteiger partial charge in [-0.1, -0.05) is 24.3 Å². The fourth-order valence-corrected chi connectivity index (χ4v) is 4.26. The lowest BCUT2D eigenvalue weighted by atomic mass is 10.1. The van der Waals surface area contributed by atoms with Crippen molar-refractivity contribution in [3.05, 3.63) is 89.5 Å². The molecule has 2 amide bonds. The number of benzene rings is 3. The predicted molar refractivity (Wildman–Crippen MR) is 142 cm³/mol. The number of hydrogen-bond acceptors (Lipinski definition) is 6. The molecule has 1 saturated heterocycles. The first-order valence-electron chi connectivity index (χ1n) is 12.5. The van der Waals surface area contributed by atoms with E-state index in [1.807, 2.05) is 36.4 Å². The summed E-state index contributed by atoms with van der Waals surface area (Å²) >= 11 is 0. The van der Waals surface area contributed by atoms with Crippen LogP contribution >= 0.6 is 0 Å². The van der Waals surface area contributed by atoms with Gasteiger partial charge in [0, 0.05) is 38.4 Å². The van der Waals surface area contributed by atoms with Gasteiger partial charge < -0.3 is 24.4 Å². The van der Waals surface area contributed by atoms with Crippen LogP contribution in [0.5, 0.6) is 11.5 Å². The molecule has 39 heavy (non-hydrogen) atoms. The lowest BCUT2D eigenvalue weighted by molar-refractivity contribution is -0.0498. The van der Waals surface area contributed by atoms with Crippen molar-refractivity contribution in [2.75, 3.05) is 45.2 Å². The van der Waals surface area contributed by atoms with Crippen molar-refractivity contribution in [1.29, 1.82) is 5.26 Å². The van der Waals surface area contributed by atoms with Gasteiger partial charge in [0.15, 0.2) is 0 Å². The molecule has 4 rings (SSSR count). The number of carbonyl (C=O) groups excluding carboxylic acids is 1. The highest BCUT2D eigenvalue weighted by Gasteiger charge is 2.24. The van der Waals surface area contributed by atoms with E-state index < -0.39 is 6.61 Å². The highest BCUT2D eigenvalue weighted by molar-refractivity contribution is 5.89. The number of hydrogen-bond donors (Lipinski definition) is 1. The number of nitrogens with one attached hydrogen (secondary N) is 1. The first kappa shape index (κ1) is 27.8. The smallest absolute Gasteiger partial charge is 0.387 e. The normalized spacial score (nSPS) is 14.5. The fourth-order valence-electron chi connectivity index (χ4n) is 4.26. The molecule has 0 spiro atoms. The third-order valence-corrected chi connectivity index (χ3v) is 6.41. The molecule has 1 fully saturated rings. The second kappa shape index (κ2) is 13.6. The van der Waals surface area contributed by atoms with Gasteiger partial charge in [-0.3, -0.25) is 4.90 Å². The lowest BCUT2D eigenvalue weighted by Gasteiger charge is -2.36. The summed E-state index contributed by atoms with van der Waals surface area (Å²) in [5.74, 6) is 0.776. The van der Waals surface area contributed by atoms with Crippen molar-refractivity contribution >= 4 is 11.7 Å². The molecule has 1 heterocycles. The predicted octanol–water partition coefficient (Wildman–Crippen LogP) is 5.28. The van der Waals surface area contributed by atoms with Crippen LogP contribution < -0.4 is 14.8 Å². The monoisotopic (exact) mass is 536 g/mol. The summed E-state index contributed by atoms with van der Waals surface area (Å²) in [7, 11) is 1.63. The van der Waals surface area contributed by atoms with Crippen LogP contribution in [-0.4, -0.2) is 62.3 Å². The van der Waals surface area contributed by atoms with Gasteiger partial charge in [-0.25, -0.2) is 4.79 Å². The molecule has 1 aliphatic heterocycles. The Morgan fingerprint density at radius 2 is 1.72 bits per heavy atom. The van der Waals surface area contributed by atoms with Crippen molar-refractivity contribution in [2.24, 2.45) is 0 Å². The van der Waals surface area contributed by atoms with Crippen LogP contribution in [0.15, 0.2) is 72.8 Å². The number of urea groups is 1. The summed E-state index contributed by atoms with van der Waals surface area (Å²) < 4.78 is 40.8. The fraction of sp³-hybridized carbons (Fsp3) is 0.310. The Labute approximate surface area is 226 Å². The SMILES string of the molecule is COc1cccc(C(CN2CCN(C(=O)Nc3ccc(OC(F)F)cc3)CC2)OCc2ccc(C#N)cc2)c1. The molecule has 8 nitrogen and oxygen atoms in total. The lowest BCUT2D eigenvalue weighted by Crippen LogP contribution is -2.50. The van der Waals surface area contributed by atoms with E-state index in [0.29, 0.717) is 50.6 Å². The molecular weight excluding hydrogens is 506 g/mol. The molecule has 3 aromatic rings. The van der Waals surface area contributed by atoms with Crippen LogP contribution in [0.1, 0.15) is 22.8 Å². The van der Waals surface area contributed by atoms with Crippen molar-refractivity contribution < 1.29 is 27.8 Å². The van der Waals surface area contributed by atoms with Gasteiger partial charge in [0.05, 0.1) is 31.5 Å². The number of piperazine rings is 1. The van der Waals surface area contributed by atoms with Crippen LogP contribution in [0.4, 0.5) is 19.3 Å². The Hall–Kier alpha value is -4.20. The first-order valence-corrected chi connectivity index (χ1v) is 12.5. The average molecular weight is 537 g/mol. The Morgan fingerprint density at radius 3 is 2.36 bits per heavy atom.